The number of imide groups is 2. The quantitative estimate of drug-likeness (QED) is 0.616. The van der Waals surface area contributed by atoms with Gasteiger partial charge in [0.2, 0.25) is 0 Å². The number of carbonyl (C=O) groups is 3. The maximum absolute atomic E-state index is 13.3. The molecule has 2 aromatic rings. The van der Waals surface area contributed by atoms with Crippen LogP contribution in [0.1, 0.15) is 11.1 Å². The summed E-state index contributed by atoms with van der Waals surface area (Å²) in [5.74, 6) is -2.07. The molecule has 126 valence electrons. The molecular formula is C18H12BrFN2O3. The lowest BCUT2D eigenvalue weighted by atomic mass is 10.1. The molecule has 0 unspecified atom stereocenters. The molecule has 0 atom stereocenters. The Kier molecular flexibility index (Phi) is 4.50. The van der Waals surface area contributed by atoms with Crippen LogP contribution in [-0.4, -0.2) is 17.8 Å². The van der Waals surface area contributed by atoms with Crippen LogP contribution in [0.4, 0.5) is 14.9 Å². The summed E-state index contributed by atoms with van der Waals surface area (Å²) in [7, 11) is 0. The van der Waals surface area contributed by atoms with E-state index >= 15 is 0 Å². The summed E-state index contributed by atoms with van der Waals surface area (Å²) in [6, 6.07) is 9.59. The molecule has 0 aliphatic carbocycles. The average molecular weight is 403 g/mol. The van der Waals surface area contributed by atoms with Crippen LogP contribution in [-0.2, 0) is 9.59 Å². The van der Waals surface area contributed by atoms with Crippen molar-refractivity contribution in [3.8, 4) is 0 Å². The van der Waals surface area contributed by atoms with Gasteiger partial charge in [0.25, 0.3) is 11.8 Å². The first-order valence-corrected chi connectivity index (χ1v) is 8.09. The monoisotopic (exact) mass is 402 g/mol. The molecule has 4 amide bonds. The van der Waals surface area contributed by atoms with E-state index < -0.39 is 23.7 Å². The summed E-state index contributed by atoms with van der Waals surface area (Å²) >= 11 is 3.35. The Morgan fingerprint density at radius 2 is 1.88 bits per heavy atom. The predicted molar refractivity (Wildman–Crippen MR) is 94.3 cm³/mol. The van der Waals surface area contributed by atoms with E-state index in [1.165, 1.54) is 24.3 Å². The van der Waals surface area contributed by atoms with Gasteiger partial charge in [-0.15, -0.1) is 0 Å². The summed E-state index contributed by atoms with van der Waals surface area (Å²) in [6.45, 7) is 1.81. The molecule has 5 nitrogen and oxygen atoms in total. The normalized spacial score (nSPS) is 16.4. The number of urea groups is 1. The van der Waals surface area contributed by atoms with E-state index in [0.717, 1.165) is 14.9 Å². The van der Waals surface area contributed by atoms with Gasteiger partial charge in [-0.05, 0) is 54.5 Å². The number of hydrogen-bond donors (Lipinski definition) is 1. The lowest BCUT2D eigenvalue weighted by molar-refractivity contribution is -0.122. The van der Waals surface area contributed by atoms with E-state index in [1.54, 1.807) is 24.3 Å². The number of nitrogens with one attached hydrogen (secondary N) is 1. The standard InChI is InChI=1S/C18H12BrFN2O3/c1-10-7-13(5-6-15(10)19)22-17(24)14(16(23)21-18(22)25)9-11-3-2-4-12(20)8-11/h2-9H,1H3,(H,21,23,25)/b14-9-. The fraction of sp³-hybridized carbons (Fsp3) is 0.0556. The zero-order valence-corrected chi connectivity index (χ0v) is 14.6. The second-order valence-electron chi connectivity index (χ2n) is 5.45. The molecule has 1 aliphatic heterocycles. The Hall–Kier alpha value is -2.80. The molecule has 25 heavy (non-hydrogen) atoms. The minimum atomic E-state index is -0.826. The van der Waals surface area contributed by atoms with Gasteiger partial charge >= 0.3 is 6.03 Å². The third kappa shape index (κ3) is 3.36. The van der Waals surface area contributed by atoms with Crippen LogP contribution in [0.2, 0.25) is 0 Å². The van der Waals surface area contributed by atoms with Crippen LogP contribution in [0.15, 0.2) is 52.5 Å². The molecule has 3 rings (SSSR count). The van der Waals surface area contributed by atoms with Crippen molar-refractivity contribution in [3.05, 3.63) is 69.5 Å². The van der Waals surface area contributed by atoms with Crippen molar-refractivity contribution in [3.63, 3.8) is 0 Å². The first-order chi connectivity index (χ1) is 11.9. The summed E-state index contributed by atoms with van der Waals surface area (Å²) < 4.78 is 14.1. The molecule has 1 aliphatic rings. The molecule has 0 bridgehead atoms. The topological polar surface area (TPSA) is 66.5 Å². The lowest BCUT2D eigenvalue weighted by Crippen LogP contribution is -2.54. The van der Waals surface area contributed by atoms with Crippen molar-refractivity contribution >= 4 is 45.5 Å². The maximum Gasteiger partial charge on any atom is 0.335 e. The van der Waals surface area contributed by atoms with Crippen LogP contribution >= 0.6 is 15.9 Å². The fourth-order valence-corrected chi connectivity index (χ4v) is 2.67. The zero-order valence-electron chi connectivity index (χ0n) is 13.0. The van der Waals surface area contributed by atoms with Crippen LogP contribution in [0.5, 0.6) is 0 Å². The summed E-state index contributed by atoms with van der Waals surface area (Å²) in [5, 5.41) is 2.13. The second kappa shape index (κ2) is 6.60. The van der Waals surface area contributed by atoms with Crippen LogP contribution in [0, 0.1) is 12.7 Å². The maximum atomic E-state index is 13.3. The predicted octanol–water partition coefficient (Wildman–Crippen LogP) is 3.56. The summed E-state index contributed by atoms with van der Waals surface area (Å²) in [5.41, 5.74) is 1.26. The minimum absolute atomic E-state index is 0.245. The van der Waals surface area contributed by atoms with Crippen molar-refractivity contribution in [2.24, 2.45) is 0 Å². The summed E-state index contributed by atoms with van der Waals surface area (Å²) in [4.78, 5) is 37.8. The Balaban J connectivity index is 2.03. The van der Waals surface area contributed by atoms with E-state index in [2.05, 4.69) is 21.2 Å². The number of barbiturate groups is 1. The molecule has 2 aromatic carbocycles. The van der Waals surface area contributed by atoms with E-state index in [0.29, 0.717) is 11.3 Å². The molecule has 7 heteroatoms. The average Bonchev–Trinajstić information content (AvgIpc) is 2.55. The highest BCUT2D eigenvalue weighted by atomic mass is 79.9. The van der Waals surface area contributed by atoms with Gasteiger partial charge in [-0.2, -0.15) is 0 Å². The van der Waals surface area contributed by atoms with Crippen LogP contribution < -0.4 is 10.2 Å². The van der Waals surface area contributed by atoms with Crippen molar-refractivity contribution in [2.45, 2.75) is 6.92 Å². The number of nitrogens with zero attached hydrogens (tertiary/aromatic N) is 1. The molecule has 0 saturated carbocycles. The molecule has 1 N–H and O–H groups in total. The summed E-state index contributed by atoms with van der Waals surface area (Å²) in [6.07, 6.45) is 1.26. The lowest BCUT2D eigenvalue weighted by Gasteiger charge is -2.26. The Bertz CT molecular complexity index is 940. The van der Waals surface area contributed by atoms with Gasteiger partial charge in [0, 0.05) is 4.47 Å². The number of hydrogen-bond acceptors (Lipinski definition) is 3. The van der Waals surface area contributed by atoms with Crippen molar-refractivity contribution in [1.29, 1.82) is 0 Å². The Labute approximate surface area is 151 Å². The van der Waals surface area contributed by atoms with Gasteiger partial charge < -0.3 is 0 Å². The van der Waals surface area contributed by atoms with Crippen LogP contribution in [0.25, 0.3) is 6.08 Å². The van der Waals surface area contributed by atoms with E-state index in [-0.39, 0.29) is 5.57 Å². The van der Waals surface area contributed by atoms with Crippen molar-refractivity contribution in [2.75, 3.05) is 4.90 Å². The third-order valence-electron chi connectivity index (χ3n) is 3.66. The van der Waals surface area contributed by atoms with Gasteiger partial charge in [-0.1, -0.05) is 28.1 Å². The van der Waals surface area contributed by atoms with E-state index in [9.17, 15) is 18.8 Å². The second-order valence-corrected chi connectivity index (χ2v) is 6.30. The smallest absolute Gasteiger partial charge is 0.273 e. The number of benzene rings is 2. The fourth-order valence-electron chi connectivity index (χ4n) is 2.42. The highest BCUT2D eigenvalue weighted by Crippen LogP contribution is 2.26. The molecule has 0 aromatic heterocycles. The van der Waals surface area contributed by atoms with Gasteiger partial charge in [0.15, 0.2) is 0 Å². The number of amides is 4. The molecule has 0 radical (unpaired) electrons. The van der Waals surface area contributed by atoms with Gasteiger partial charge in [-0.25, -0.2) is 14.1 Å². The SMILES string of the molecule is Cc1cc(N2C(=O)NC(=O)/C(=C/c3cccc(F)c3)C2=O)ccc1Br. The van der Waals surface area contributed by atoms with Crippen molar-refractivity contribution in [1.82, 2.24) is 5.32 Å². The first-order valence-electron chi connectivity index (χ1n) is 7.30. The Morgan fingerprint density at radius 3 is 2.56 bits per heavy atom. The van der Waals surface area contributed by atoms with Crippen molar-refractivity contribution < 1.29 is 18.8 Å². The third-order valence-corrected chi connectivity index (χ3v) is 4.55. The number of rotatable bonds is 2. The van der Waals surface area contributed by atoms with E-state index in [1.807, 2.05) is 6.92 Å². The molecule has 1 heterocycles. The van der Waals surface area contributed by atoms with Gasteiger partial charge in [0.05, 0.1) is 5.69 Å². The van der Waals surface area contributed by atoms with Gasteiger partial charge in [0.1, 0.15) is 11.4 Å². The number of aryl methyl sites for hydroxylation is 1. The zero-order chi connectivity index (χ0) is 18.1. The number of anilines is 1. The number of halogens is 2. The molecule has 1 fully saturated rings. The highest BCUT2D eigenvalue weighted by molar-refractivity contribution is 9.10. The largest absolute Gasteiger partial charge is 0.335 e. The Morgan fingerprint density at radius 1 is 1.12 bits per heavy atom. The van der Waals surface area contributed by atoms with Crippen LogP contribution in [0.3, 0.4) is 0 Å². The van der Waals surface area contributed by atoms with E-state index in [4.69, 9.17) is 0 Å². The number of carbonyl (C=O) groups excluding carboxylic acids is 3. The molecule has 1 saturated heterocycles. The van der Waals surface area contributed by atoms with Gasteiger partial charge in [-0.3, -0.25) is 14.9 Å². The highest BCUT2D eigenvalue weighted by Gasteiger charge is 2.36. The first kappa shape index (κ1) is 17.0. The molecule has 0 spiro atoms. The minimum Gasteiger partial charge on any atom is -0.273 e. The molecular weight excluding hydrogens is 391 g/mol.